The van der Waals surface area contributed by atoms with E-state index in [1.165, 1.54) is 4.88 Å². The molecule has 3 heterocycles. The summed E-state index contributed by atoms with van der Waals surface area (Å²) >= 11 is 10.7. The Balaban J connectivity index is 1.67. The highest BCUT2D eigenvalue weighted by Crippen LogP contribution is 2.28. The Hall–Kier alpha value is -0.820. The van der Waals surface area contributed by atoms with Crippen molar-refractivity contribution in [2.75, 3.05) is 0 Å². The predicted octanol–water partition coefficient (Wildman–Crippen LogP) is 4.54. The minimum Gasteiger partial charge on any atom is -0.257 e. The number of aromatic nitrogens is 3. The minimum absolute atomic E-state index is 0.767. The quantitative estimate of drug-likeness (QED) is 0.719. The molecule has 7 heteroatoms. The van der Waals surface area contributed by atoms with Crippen LogP contribution in [0.5, 0.6) is 0 Å². The number of nitrogens with one attached hydrogen (secondary N) is 1. The summed E-state index contributed by atoms with van der Waals surface area (Å²) in [6.45, 7) is 0. The first-order valence-corrected chi connectivity index (χ1v) is 8.20. The first kappa shape index (κ1) is 12.2. The molecular formula is C11H8ClN3S3. The molecule has 0 spiro atoms. The van der Waals surface area contributed by atoms with E-state index in [9.17, 15) is 0 Å². The molecule has 18 heavy (non-hydrogen) atoms. The maximum atomic E-state index is 5.89. The van der Waals surface area contributed by atoms with Gasteiger partial charge in [0, 0.05) is 10.6 Å². The van der Waals surface area contributed by atoms with Gasteiger partial charge < -0.3 is 0 Å². The number of rotatable bonds is 4. The van der Waals surface area contributed by atoms with Gasteiger partial charge in [-0.15, -0.1) is 27.8 Å². The van der Waals surface area contributed by atoms with Crippen LogP contribution in [-0.2, 0) is 5.75 Å². The summed E-state index contributed by atoms with van der Waals surface area (Å²) in [6.07, 6.45) is 0. The van der Waals surface area contributed by atoms with Gasteiger partial charge in [-0.3, -0.25) is 5.10 Å². The molecule has 92 valence electrons. The molecule has 0 unspecified atom stereocenters. The summed E-state index contributed by atoms with van der Waals surface area (Å²) in [5, 5.41) is 9.95. The van der Waals surface area contributed by atoms with Crippen LogP contribution < -0.4 is 0 Å². The maximum absolute atomic E-state index is 5.89. The Bertz CT molecular complexity index is 630. The third-order valence-electron chi connectivity index (χ3n) is 2.19. The normalized spacial score (nSPS) is 10.9. The molecule has 0 aliphatic rings. The van der Waals surface area contributed by atoms with Gasteiger partial charge >= 0.3 is 0 Å². The van der Waals surface area contributed by atoms with Crippen molar-refractivity contribution in [1.29, 1.82) is 0 Å². The topological polar surface area (TPSA) is 41.6 Å². The highest BCUT2D eigenvalue weighted by atomic mass is 35.5. The third kappa shape index (κ3) is 2.77. The van der Waals surface area contributed by atoms with Crippen molar-refractivity contribution < 1.29 is 0 Å². The Morgan fingerprint density at radius 1 is 1.33 bits per heavy atom. The highest BCUT2D eigenvalue weighted by molar-refractivity contribution is 7.98. The monoisotopic (exact) mass is 313 g/mol. The van der Waals surface area contributed by atoms with Crippen LogP contribution in [0.15, 0.2) is 34.8 Å². The average Bonchev–Trinajstić information content (AvgIpc) is 3.07. The van der Waals surface area contributed by atoms with E-state index in [-0.39, 0.29) is 0 Å². The van der Waals surface area contributed by atoms with Crippen molar-refractivity contribution >= 4 is 46.0 Å². The molecule has 0 atom stereocenters. The van der Waals surface area contributed by atoms with Crippen LogP contribution in [0.1, 0.15) is 4.88 Å². The number of thiophene rings is 2. The lowest BCUT2D eigenvalue weighted by Gasteiger charge is -1.91. The summed E-state index contributed by atoms with van der Waals surface area (Å²) in [5.74, 6) is 1.68. The summed E-state index contributed by atoms with van der Waals surface area (Å²) in [7, 11) is 0. The lowest BCUT2D eigenvalue weighted by molar-refractivity contribution is 0.974. The van der Waals surface area contributed by atoms with Crippen molar-refractivity contribution in [2.24, 2.45) is 0 Å². The number of hydrogen-bond donors (Lipinski definition) is 1. The van der Waals surface area contributed by atoms with Crippen LogP contribution in [0.4, 0.5) is 0 Å². The summed E-state index contributed by atoms with van der Waals surface area (Å²) in [6, 6.07) is 7.98. The van der Waals surface area contributed by atoms with E-state index in [1.54, 1.807) is 34.4 Å². The highest BCUT2D eigenvalue weighted by Gasteiger charge is 2.07. The standard InChI is InChI=1S/C11H8ClN3S3/c12-9-4-3-7(18-9)6-17-11-13-10(14-15-11)8-2-1-5-16-8/h1-5H,6H2,(H,13,14,15). The molecule has 0 saturated carbocycles. The zero-order chi connectivity index (χ0) is 12.4. The molecular weight excluding hydrogens is 306 g/mol. The van der Waals surface area contributed by atoms with E-state index < -0.39 is 0 Å². The van der Waals surface area contributed by atoms with Gasteiger partial charge in [-0.05, 0) is 23.6 Å². The average molecular weight is 314 g/mol. The van der Waals surface area contributed by atoms with Gasteiger partial charge in [-0.25, -0.2) is 4.98 Å². The number of halogens is 1. The molecule has 0 aliphatic heterocycles. The van der Waals surface area contributed by atoms with Crippen LogP contribution >= 0.6 is 46.0 Å². The van der Waals surface area contributed by atoms with Crippen LogP contribution in [0.25, 0.3) is 10.7 Å². The van der Waals surface area contributed by atoms with Gasteiger partial charge in [0.15, 0.2) is 5.82 Å². The fourth-order valence-corrected chi connectivity index (χ4v) is 3.99. The number of hydrogen-bond acceptors (Lipinski definition) is 5. The molecule has 1 N–H and O–H groups in total. The summed E-state index contributed by atoms with van der Waals surface area (Å²) in [4.78, 5) is 6.79. The largest absolute Gasteiger partial charge is 0.257 e. The molecule has 0 amide bonds. The molecule has 3 aromatic heterocycles. The van der Waals surface area contributed by atoms with E-state index >= 15 is 0 Å². The van der Waals surface area contributed by atoms with Crippen molar-refractivity contribution in [3.05, 3.63) is 38.9 Å². The molecule has 3 aromatic rings. The second-order valence-electron chi connectivity index (χ2n) is 3.44. The van der Waals surface area contributed by atoms with Gasteiger partial charge in [-0.2, -0.15) is 0 Å². The van der Waals surface area contributed by atoms with E-state index in [2.05, 4.69) is 15.2 Å². The van der Waals surface area contributed by atoms with Crippen molar-refractivity contribution in [3.8, 4) is 10.7 Å². The zero-order valence-electron chi connectivity index (χ0n) is 9.09. The number of nitrogens with zero attached hydrogens (tertiary/aromatic N) is 2. The van der Waals surface area contributed by atoms with Crippen LogP contribution in [-0.4, -0.2) is 15.2 Å². The third-order valence-corrected chi connectivity index (χ3v) is 5.38. The number of thioether (sulfide) groups is 1. The molecule has 0 aliphatic carbocycles. The fourth-order valence-electron chi connectivity index (χ4n) is 1.40. The Morgan fingerprint density at radius 2 is 2.28 bits per heavy atom. The maximum Gasteiger partial charge on any atom is 0.209 e. The minimum atomic E-state index is 0.767. The molecule has 3 nitrogen and oxygen atoms in total. The van der Waals surface area contributed by atoms with Gasteiger partial charge in [-0.1, -0.05) is 29.4 Å². The Morgan fingerprint density at radius 3 is 3.00 bits per heavy atom. The zero-order valence-corrected chi connectivity index (χ0v) is 12.3. The number of aromatic amines is 1. The smallest absolute Gasteiger partial charge is 0.209 e. The first-order valence-electron chi connectivity index (χ1n) is 5.14. The Labute approximate surface area is 121 Å². The molecule has 0 radical (unpaired) electrons. The van der Waals surface area contributed by atoms with Gasteiger partial charge in [0.1, 0.15) is 0 Å². The summed E-state index contributed by atoms with van der Waals surface area (Å²) < 4.78 is 0.819. The fraction of sp³-hybridized carbons (Fsp3) is 0.0909. The van der Waals surface area contributed by atoms with E-state index in [0.717, 1.165) is 25.9 Å². The second-order valence-corrected chi connectivity index (χ2v) is 7.13. The lowest BCUT2D eigenvalue weighted by atomic mass is 10.4. The van der Waals surface area contributed by atoms with Gasteiger partial charge in [0.2, 0.25) is 5.16 Å². The van der Waals surface area contributed by atoms with Crippen LogP contribution in [0, 0.1) is 0 Å². The van der Waals surface area contributed by atoms with E-state index in [0.29, 0.717) is 0 Å². The Kier molecular flexibility index (Phi) is 3.69. The van der Waals surface area contributed by atoms with Crippen LogP contribution in [0.3, 0.4) is 0 Å². The molecule has 0 fully saturated rings. The second kappa shape index (κ2) is 5.44. The molecule has 3 rings (SSSR count). The van der Waals surface area contributed by atoms with Crippen molar-refractivity contribution in [3.63, 3.8) is 0 Å². The molecule has 0 bridgehead atoms. The van der Waals surface area contributed by atoms with Gasteiger partial charge in [0.05, 0.1) is 9.21 Å². The number of H-pyrrole nitrogens is 1. The van der Waals surface area contributed by atoms with E-state index in [4.69, 9.17) is 11.6 Å². The molecule has 0 aromatic carbocycles. The van der Waals surface area contributed by atoms with Crippen molar-refractivity contribution in [2.45, 2.75) is 10.9 Å². The SMILES string of the molecule is Clc1ccc(CSc2n[nH]c(-c3cccs3)n2)s1. The van der Waals surface area contributed by atoms with Crippen LogP contribution in [0.2, 0.25) is 4.34 Å². The van der Waals surface area contributed by atoms with Crippen molar-refractivity contribution in [1.82, 2.24) is 15.2 Å². The molecule has 0 saturated heterocycles. The van der Waals surface area contributed by atoms with Gasteiger partial charge in [0.25, 0.3) is 0 Å². The first-order chi connectivity index (χ1) is 8.81. The summed E-state index contributed by atoms with van der Waals surface area (Å²) in [5.41, 5.74) is 0. The lowest BCUT2D eigenvalue weighted by Crippen LogP contribution is -1.77. The predicted molar refractivity (Wildman–Crippen MR) is 78.6 cm³/mol. The van der Waals surface area contributed by atoms with E-state index in [1.807, 2.05) is 29.6 Å².